The van der Waals surface area contributed by atoms with Gasteiger partial charge in [-0.25, -0.2) is 0 Å². The molecule has 2 bridgehead atoms. The van der Waals surface area contributed by atoms with Gasteiger partial charge in [0.1, 0.15) is 6.04 Å². The monoisotopic (exact) mass is 579 g/mol. The second kappa shape index (κ2) is 11.8. The second-order valence-electron chi connectivity index (χ2n) is 10.5. The topological polar surface area (TPSA) is 81.2 Å². The van der Waals surface area contributed by atoms with Gasteiger partial charge in [-0.3, -0.25) is 14.4 Å². The lowest BCUT2D eigenvalue weighted by atomic mass is 9.70. The molecule has 3 amide bonds. The summed E-state index contributed by atoms with van der Waals surface area (Å²) in [6.45, 7) is 8.48. The van der Waals surface area contributed by atoms with Crippen LogP contribution in [0.4, 0.5) is 5.69 Å². The fourth-order valence-corrected chi connectivity index (χ4v) is 9.02. The zero-order chi connectivity index (χ0) is 28.4. The second-order valence-corrected chi connectivity index (χ2v) is 12.6. The fourth-order valence-electron chi connectivity index (χ4n) is 6.69. The third-order valence-electron chi connectivity index (χ3n) is 8.25. The van der Waals surface area contributed by atoms with Crippen molar-refractivity contribution >= 4 is 46.8 Å². The number of amides is 3. The third-order valence-corrected chi connectivity index (χ3v) is 10.5. The Morgan fingerprint density at radius 3 is 2.42 bits per heavy atom. The molecule has 7 nitrogen and oxygen atoms in total. The van der Waals surface area contributed by atoms with Crippen LogP contribution in [0.25, 0.3) is 0 Å². The highest BCUT2D eigenvalue weighted by Crippen LogP contribution is 2.66. The van der Waals surface area contributed by atoms with Gasteiger partial charge in [0.25, 0.3) is 5.91 Å². The number of β-amino-alcohol motifs (C(OH)–C–C–N with tert-alkyl or cyclic N) is 1. The molecular formula is C31H34ClN3O4S. The average Bonchev–Trinajstić information content (AvgIpc) is 3.60. The van der Waals surface area contributed by atoms with Gasteiger partial charge >= 0.3 is 0 Å². The minimum absolute atomic E-state index is 0.0303. The number of thioether (sulfide) groups is 1. The molecule has 3 fully saturated rings. The molecule has 5 atom stereocenters. The van der Waals surface area contributed by atoms with Crippen molar-refractivity contribution in [3.63, 3.8) is 0 Å². The summed E-state index contributed by atoms with van der Waals surface area (Å²) in [4.78, 5) is 47.5. The highest BCUT2D eigenvalue weighted by molar-refractivity contribution is 8.02. The van der Waals surface area contributed by atoms with Crippen molar-refractivity contribution < 1.29 is 19.5 Å². The van der Waals surface area contributed by atoms with Crippen molar-refractivity contribution in [1.82, 2.24) is 9.80 Å². The Morgan fingerprint density at radius 2 is 1.77 bits per heavy atom. The summed E-state index contributed by atoms with van der Waals surface area (Å²) in [5.74, 6) is -1.73. The first-order valence-electron chi connectivity index (χ1n) is 13.6. The summed E-state index contributed by atoms with van der Waals surface area (Å²) in [6.07, 6.45) is 4.76. The van der Waals surface area contributed by atoms with Gasteiger partial charge in [-0.05, 0) is 42.7 Å². The maximum absolute atomic E-state index is 14.4. The van der Waals surface area contributed by atoms with Crippen molar-refractivity contribution in [3.05, 3.63) is 90.5 Å². The molecule has 210 valence electrons. The maximum atomic E-state index is 14.4. The van der Waals surface area contributed by atoms with Gasteiger partial charge < -0.3 is 19.8 Å². The molecule has 3 aliphatic rings. The quantitative estimate of drug-likeness (QED) is 0.404. The van der Waals surface area contributed by atoms with E-state index in [0.29, 0.717) is 30.2 Å². The SMILES string of the molecule is C=CCN(Cc1ccccc1)C(=O)[C@@H]1[C@@H]2CCC3(S2)C(C(=O)N(CC=C)c2ccc(Cl)cc2)N(CCO)C(=O)[C@H]13. The first kappa shape index (κ1) is 28.5. The Kier molecular flexibility index (Phi) is 8.40. The lowest BCUT2D eigenvalue weighted by molar-refractivity contribution is -0.144. The van der Waals surface area contributed by atoms with E-state index in [1.54, 1.807) is 58.0 Å². The van der Waals surface area contributed by atoms with E-state index in [9.17, 15) is 19.5 Å². The lowest BCUT2D eigenvalue weighted by Crippen LogP contribution is -2.55. The Labute approximate surface area is 244 Å². The van der Waals surface area contributed by atoms with Crippen molar-refractivity contribution in [3.8, 4) is 0 Å². The van der Waals surface area contributed by atoms with Gasteiger partial charge in [0, 0.05) is 42.1 Å². The number of hydrogen-bond acceptors (Lipinski definition) is 5. The van der Waals surface area contributed by atoms with Crippen molar-refractivity contribution in [1.29, 1.82) is 0 Å². The van der Waals surface area contributed by atoms with Gasteiger partial charge in [-0.2, -0.15) is 0 Å². The van der Waals surface area contributed by atoms with Crippen LogP contribution < -0.4 is 4.90 Å². The standard InChI is InChI=1S/C31H34ClN3O4S/c1-3-16-33(20-21-8-6-5-7-9-21)28(37)25-24-14-15-31(40-24)26(25)29(38)35(18-19-36)27(31)30(39)34(17-4-2)23-12-10-22(32)11-13-23/h3-13,24-27,36H,1-2,14-20H2/t24-,25+,26-,27?,31?/m0/s1. The van der Waals surface area contributed by atoms with E-state index < -0.39 is 22.6 Å². The van der Waals surface area contributed by atoms with Gasteiger partial charge in [0.2, 0.25) is 11.8 Å². The molecule has 1 spiro atoms. The van der Waals surface area contributed by atoms with Crippen LogP contribution in [-0.4, -0.2) is 74.9 Å². The first-order chi connectivity index (χ1) is 19.4. The molecular weight excluding hydrogens is 546 g/mol. The summed E-state index contributed by atoms with van der Waals surface area (Å²) in [6, 6.07) is 15.9. The molecule has 3 saturated heterocycles. The lowest BCUT2D eigenvalue weighted by Gasteiger charge is -2.37. The summed E-state index contributed by atoms with van der Waals surface area (Å²) in [5, 5.41) is 10.4. The summed E-state index contributed by atoms with van der Waals surface area (Å²) in [5.41, 5.74) is 1.65. The summed E-state index contributed by atoms with van der Waals surface area (Å²) < 4.78 is -0.743. The molecule has 5 rings (SSSR count). The van der Waals surface area contributed by atoms with Crippen molar-refractivity contribution in [2.24, 2.45) is 11.8 Å². The zero-order valence-electron chi connectivity index (χ0n) is 22.3. The number of hydrogen-bond donors (Lipinski definition) is 1. The largest absolute Gasteiger partial charge is 0.395 e. The molecule has 0 aliphatic carbocycles. The molecule has 0 radical (unpaired) electrons. The number of rotatable bonds is 11. The molecule has 0 aromatic heterocycles. The number of benzene rings is 2. The first-order valence-corrected chi connectivity index (χ1v) is 14.8. The van der Waals surface area contributed by atoms with Gasteiger partial charge in [-0.15, -0.1) is 24.9 Å². The van der Waals surface area contributed by atoms with E-state index in [0.717, 1.165) is 12.0 Å². The van der Waals surface area contributed by atoms with Gasteiger partial charge in [0.05, 0.1) is 23.2 Å². The minimum Gasteiger partial charge on any atom is -0.395 e. The predicted octanol–water partition coefficient (Wildman–Crippen LogP) is 4.16. The minimum atomic E-state index is -0.803. The number of fused-ring (bicyclic) bond motifs is 1. The number of nitrogens with zero attached hydrogens (tertiary/aromatic N) is 3. The van der Waals surface area contributed by atoms with Crippen LogP contribution in [0.3, 0.4) is 0 Å². The van der Waals surface area contributed by atoms with Crippen LogP contribution in [0.2, 0.25) is 5.02 Å². The highest BCUT2D eigenvalue weighted by atomic mass is 35.5. The number of anilines is 1. The van der Waals surface area contributed by atoms with E-state index in [1.807, 2.05) is 30.3 Å². The third kappa shape index (κ3) is 4.86. The number of carbonyl (C=O) groups excluding carboxylic acids is 3. The van der Waals surface area contributed by atoms with Crippen LogP contribution in [0.5, 0.6) is 0 Å². The highest BCUT2D eigenvalue weighted by Gasteiger charge is 2.74. The Morgan fingerprint density at radius 1 is 1.07 bits per heavy atom. The maximum Gasteiger partial charge on any atom is 0.251 e. The van der Waals surface area contributed by atoms with Crippen LogP contribution in [0, 0.1) is 11.8 Å². The number of halogens is 1. The Bertz CT molecular complexity index is 1290. The normalized spacial score (nSPS) is 26.4. The van der Waals surface area contributed by atoms with Gasteiger partial charge in [-0.1, -0.05) is 54.1 Å². The molecule has 2 aromatic carbocycles. The molecule has 2 aromatic rings. The smallest absolute Gasteiger partial charge is 0.251 e. The Hall–Kier alpha value is -3.07. The zero-order valence-corrected chi connectivity index (χ0v) is 23.9. The summed E-state index contributed by atoms with van der Waals surface area (Å²) in [7, 11) is 0. The van der Waals surface area contributed by atoms with Crippen molar-refractivity contribution in [2.45, 2.75) is 35.4 Å². The van der Waals surface area contributed by atoms with E-state index in [-0.39, 0.29) is 42.7 Å². The molecule has 0 saturated carbocycles. The molecule has 3 aliphatic heterocycles. The molecule has 9 heteroatoms. The number of likely N-dealkylation sites (tertiary alicyclic amines) is 1. The van der Waals surface area contributed by atoms with E-state index >= 15 is 0 Å². The molecule has 40 heavy (non-hydrogen) atoms. The summed E-state index contributed by atoms with van der Waals surface area (Å²) >= 11 is 7.72. The predicted molar refractivity (Wildman–Crippen MR) is 159 cm³/mol. The van der Waals surface area contributed by atoms with Crippen LogP contribution in [-0.2, 0) is 20.9 Å². The Balaban J connectivity index is 1.50. The van der Waals surface area contributed by atoms with Crippen molar-refractivity contribution in [2.75, 3.05) is 31.1 Å². The molecule has 2 unspecified atom stereocenters. The number of aliphatic hydroxyl groups is 1. The number of carbonyl (C=O) groups is 3. The van der Waals surface area contributed by atoms with E-state index in [1.165, 1.54) is 4.90 Å². The van der Waals surface area contributed by atoms with Crippen LogP contribution in [0.1, 0.15) is 18.4 Å². The average molecular weight is 580 g/mol. The fraction of sp³-hybridized carbons (Fsp3) is 0.387. The van der Waals surface area contributed by atoms with Gasteiger partial charge in [0.15, 0.2) is 0 Å². The van der Waals surface area contributed by atoms with Crippen LogP contribution in [0.15, 0.2) is 79.9 Å². The van der Waals surface area contributed by atoms with Crippen LogP contribution >= 0.6 is 23.4 Å². The number of aliphatic hydroxyl groups excluding tert-OH is 1. The van der Waals surface area contributed by atoms with E-state index in [2.05, 4.69) is 13.2 Å². The molecule has 3 heterocycles. The van der Waals surface area contributed by atoms with E-state index in [4.69, 9.17) is 11.6 Å². The molecule has 1 N–H and O–H groups in total.